The topological polar surface area (TPSA) is 69.6 Å². The third-order valence-electron chi connectivity index (χ3n) is 3.63. The first-order chi connectivity index (χ1) is 10.5. The van der Waals surface area contributed by atoms with Crippen molar-refractivity contribution in [1.82, 2.24) is 10.2 Å². The average molecular weight is 373 g/mol. The number of nitrogens with zero attached hydrogens (tertiary/aromatic N) is 1. The Balaban J connectivity index is 1.97. The van der Waals surface area contributed by atoms with Gasteiger partial charge in [-0.3, -0.25) is 4.79 Å². The van der Waals surface area contributed by atoms with Crippen LogP contribution in [0.25, 0.3) is 0 Å². The van der Waals surface area contributed by atoms with Gasteiger partial charge in [0.25, 0.3) is 0 Å². The number of benzene rings is 1. The van der Waals surface area contributed by atoms with E-state index in [0.29, 0.717) is 24.0 Å². The molecule has 2 amide bonds. The minimum Gasteiger partial charge on any atom is -0.481 e. The summed E-state index contributed by atoms with van der Waals surface area (Å²) in [7, 11) is 0. The summed E-state index contributed by atoms with van der Waals surface area (Å²) < 4.78 is 14.2. The minimum atomic E-state index is -0.877. The molecular formula is C15H18BrFN2O3. The SMILES string of the molecule is O=C(O)CCCNC(=O)N1CCCC1c1cc(F)cc(Br)c1. The van der Waals surface area contributed by atoms with Crippen molar-refractivity contribution in [1.29, 1.82) is 0 Å². The summed E-state index contributed by atoms with van der Waals surface area (Å²) in [6, 6.07) is 4.28. The van der Waals surface area contributed by atoms with Crippen molar-refractivity contribution >= 4 is 27.9 Å². The molecule has 1 aliphatic rings. The zero-order valence-corrected chi connectivity index (χ0v) is 13.6. The summed E-state index contributed by atoms with van der Waals surface area (Å²) in [6.07, 6.45) is 2.07. The summed E-state index contributed by atoms with van der Waals surface area (Å²) in [5, 5.41) is 11.3. The average Bonchev–Trinajstić information content (AvgIpc) is 2.91. The molecule has 5 nitrogen and oxygen atoms in total. The second-order valence-corrected chi connectivity index (χ2v) is 6.20. The van der Waals surface area contributed by atoms with E-state index in [2.05, 4.69) is 21.2 Å². The molecule has 2 rings (SSSR count). The number of aliphatic carboxylic acids is 1. The molecule has 1 atom stereocenters. The van der Waals surface area contributed by atoms with Crippen LogP contribution in [-0.4, -0.2) is 35.1 Å². The normalized spacial score (nSPS) is 17.5. The third kappa shape index (κ3) is 4.43. The first kappa shape index (κ1) is 16.7. The highest BCUT2D eigenvalue weighted by Crippen LogP contribution is 2.33. The standard InChI is InChI=1S/C15H18BrFN2O3/c16-11-7-10(8-12(17)9-11)13-3-2-6-19(13)15(22)18-5-1-4-14(20)21/h7-9,13H,1-6H2,(H,18,22)(H,20,21). The van der Waals surface area contributed by atoms with Crippen molar-refractivity contribution in [3.8, 4) is 0 Å². The largest absolute Gasteiger partial charge is 0.481 e. The van der Waals surface area contributed by atoms with E-state index in [0.717, 1.165) is 18.4 Å². The number of amides is 2. The van der Waals surface area contributed by atoms with Crippen molar-refractivity contribution in [2.45, 2.75) is 31.7 Å². The Kier molecular flexibility index (Phi) is 5.76. The molecule has 7 heteroatoms. The van der Waals surface area contributed by atoms with Gasteiger partial charge < -0.3 is 15.3 Å². The Labute approximate surface area is 136 Å². The predicted octanol–water partition coefficient (Wildman–Crippen LogP) is 3.30. The Hall–Kier alpha value is -1.63. The van der Waals surface area contributed by atoms with Crippen molar-refractivity contribution in [3.05, 3.63) is 34.1 Å². The van der Waals surface area contributed by atoms with Gasteiger partial charge >= 0.3 is 12.0 Å². The predicted molar refractivity (Wildman–Crippen MR) is 83.0 cm³/mol. The summed E-state index contributed by atoms with van der Waals surface area (Å²) in [6.45, 7) is 0.935. The summed E-state index contributed by atoms with van der Waals surface area (Å²) in [4.78, 5) is 24.3. The fourth-order valence-electron chi connectivity index (χ4n) is 2.66. The molecule has 0 radical (unpaired) electrons. The molecule has 1 aromatic rings. The maximum absolute atomic E-state index is 13.5. The van der Waals surface area contributed by atoms with Crippen LogP contribution >= 0.6 is 15.9 Å². The lowest BCUT2D eigenvalue weighted by atomic mass is 10.0. The Morgan fingerprint density at radius 1 is 1.41 bits per heavy atom. The van der Waals surface area contributed by atoms with Crippen LogP contribution in [0.15, 0.2) is 22.7 Å². The van der Waals surface area contributed by atoms with Crippen molar-refractivity contribution in [2.24, 2.45) is 0 Å². The van der Waals surface area contributed by atoms with Gasteiger partial charge in [0.1, 0.15) is 5.82 Å². The van der Waals surface area contributed by atoms with E-state index < -0.39 is 5.97 Å². The number of hydrogen-bond donors (Lipinski definition) is 2. The first-order valence-corrected chi connectivity index (χ1v) is 7.99. The van der Waals surface area contributed by atoms with Gasteiger partial charge in [-0.2, -0.15) is 0 Å². The van der Waals surface area contributed by atoms with Gasteiger partial charge in [-0.15, -0.1) is 0 Å². The van der Waals surface area contributed by atoms with Crippen LogP contribution in [0.2, 0.25) is 0 Å². The zero-order valence-electron chi connectivity index (χ0n) is 12.0. The van der Waals surface area contributed by atoms with E-state index >= 15 is 0 Å². The number of carbonyl (C=O) groups excluding carboxylic acids is 1. The molecule has 120 valence electrons. The molecular weight excluding hydrogens is 355 g/mol. The van der Waals surface area contributed by atoms with Crippen molar-refractivity contribution < 1.29 is 19.1 Å². The van der Waals surface area contributed by atoms with Crippen LogP contribution in [0.3, 0.4) is 0 Å². The summed E-state index contributed by atoms with van der Waals surface area (Å²) >= 11 is 3.27. The second kappa shape index (κ2) is 7.58. The number of likely N-dealkylation sites (tertiary alicyclic amines) is 1. The molecule has 0 aromatic heterocycles. The molecule has 1 fully saturated rings. The van der Waals surface area contributed by atoms with Crippen LogP contribution in [0.1, 0.15) is 37.3 Å². The van der Waals surface area contributed by atoms with E-state index in [1.807, 2.05) is 6.07 Å². The van der Waals surface area contributed by atoms with Gasteiger partial charge in [-0.25, -0.2) is 9.18 Å². The highest BCUT2D eigenvalue weighted by atomic mass is 79.9. The van der Waals surface area contributed by atoms with E-state index in [-0.39, 0.29) is 24.3 Å². The summed E-state index contributed by atoms with van der Waals surface area (Å²) in [5.41, 5.74) is 0.769. The van der Waals surface area contributed by atoms with E-state index in [1.165, 1.54) is 12.1 Å². The van der Waals surface area contributed by atoms with Crippen LogP contribution in [0, 0.1) is 5.82 Å². The molecule has 0 saturated carbocycles. The number of rotatable bonds is 5. The summed E-state index contributed by atoms with van der Waals surface area (Å²) in [5.74, 6) is -1.21. The molecule has 1 aromatic carbocycles. The maximum atomic E-state index is 13.5. The molecule has 1 aliphatic heterocycles. The molecule has 2 N–H and O–H groups in total. The molecule has 1 heterocycles. The van der Waals surface area contributed by atoms with Crippen LogP contribution in [0.4, 0.5) is 9.18 Å². The lowest BCUT2D eigenvalue weighted by molar-refractivity contribution is -0.137. The van der Waals surface area contributed by atoms with Crippen LogP contribution < -0.4 is 5.32 Å². The second-order valence-electron chi connectivity index (χ2n) is 5.28. The van der Waals surface area contributed by atoms with Gasteiger partial charge in [-0.1, -0.05) is 15.9 Å². The molecule has 0 bridgehead atoms. The van der Waals surface area contributed by atoms with Crippen molar-refractivity contribution in [3.63, 3.8) is 0 Å². The van der Waals surface area contributed by atoms with Crippen LogP contribution in [-0.2, 0) is 4.79 Å². The highest BCUT2D eigenvalue weighted by molar-refractivity contribution is 9.10. The quantitative estimate of drug-likeness (QED) is 0.779. The number of nitrogens with one attached hydrogen (secondary N) is 1. The van der Waals surface area contributed by atoms with Gasteiger partial charge in [0.15, 0.2) is 0 Å². The van der Waals surface area contributed by atoms with Crippen molar-refractivity contribution in [2.75, 3.05) is 13.1 Å². The monoisotopic (exact) mass is 372 g/mol. The minimum absolute atomic E-state index is 0.0283. The number of carboxylic acid groups (broad SMARTS) is 1. The number of halogens is 2. The van der Waals surface area contributed by atoms with Crippen LogP contribution in [0.5, 0.6) is 0 Å². The van der Waals surface area contributed by atoms with Gasteiger partial charge in [0, 0.05) is 24.0 Å². The smallest absolute Gasteiger partial charge is 0.317 e. The molecule has 22 heavy (non-hydrogen) atoms. The lowest BCUT2D eigenvalue weighted by Crippen LogP contribution is -2.40. The molecule has 0 aliphatic carbocycles. The Morgan fingerprint density at radius 2 is 2.18 bits per heavy atom. The molecule has 1 unspecified atom stereocenters. The van der Waals surface area contributed by atoms with E-state index in [4.69, 9.17) is 5.11 Å². The number of urea groups is 1. The van der Waals surface area contributed by atoms with Gasteiger partial charge in [-0.05, 0) is 43.0 Å². The highest BCUT2D eigenvalue weighted by Gasteiger charge is 2.30. The maximum Gasteiger partial charge on any atom is 0.317 e. The number of carbonyl (C=O) groups is 2. The first-order valence-electron chi connectivity index (χ1n) is 7.19. The number of carboxylic acids is 1. The van der Waals surface area contributed by atoms with E-state index in [1.54, 1.807) is 4.90 Å². The Bertz CT molecular complexity index is 547. The Morgan fingerprint density at radius 3 is 2.86 bits per heavy atom. The van der Waals surface area contributed by atoms with E-state index in [9.17, 15) is 14.0 Å². The fourth-order valence-corrected chi connectivity index (χ4v) is 3.14. The zero-order chi connectivity index (χ0) is 16.1. The van der Waals surface area contributed by atoms with Gasteiger partial charge in [0.05, 0.1) is 6.04 Å². The molecule has 1 saturated heterocycles. The number of hydrogen-bond acceptors (Lipinski definition) is 2. The molecule has 0 spiro atoms. The fraction of sp³-hybridized carbons (Fsp3) is 0.467. The van der Waals surface area contributed by atoms with Gasteiger partial charge in [0.2, 0.25) is 0 Å². The lowest BCUT2D eigenvalue weighted by Gasteiger charge is -2.25. The third-order valence-corrected chi connectivity index (χ3v) is 4.08.